The summed E-state index contributed by atoms with van der Waals surface area (Å²) < 4.78 is 6.69. The molecule has 1 saturated heterocycles. The van der Waals surface area contributed by atoms with Crippen molar-refractivity contribution in [2.75, 3.05) is 39.4 Å². The van der Waals surface area contributed by atoms with Gasteiger partial charge in [-0.25, -0.2) is 4.98 Å². The van der Waals surface area contributed by atoms with Crippen LogP contribution in [0.5, 0.6) is 0 Å². The van der Waals surface area contributed by atoms with Crippen molar-refractivity contribution in [1.82, 2.24) is 19.6 Å². The van der Waals surface area contributed by atoms with Gasteiger partial charge in [0, 0.05) is 37.4 Å². The number of amides is 1. The smallest absolute Gasteiger partial charge is 0.271 e. The molecule has 2 aromatic heterocycles. The van der Waals surface area contributed by atoms with Gasteiger partial charge in [0.1, 0.15) is 5.56 Å². The summed E-state index contributed by atoms with van der Waals surface area (Å²) in [4.78, 5) is 31.3. The lowest BCUT2D eigenvalue weighted by atomic mass is 10.3. The lowest BCUT2D eigenvalue weighted by molar-refractivity contribution is 0.0374. The van der Waals surface area contributed by atoms with Gasteiger partial charge >= 0.3 is 0 Å². The molecule has 0 radical (unpaired) electrons. The number of carbonyl (C=O) groups is 1. The van der Waals surface area contributed by atoms with E-state index in [4.69, 9.17) is 4.74 Å². The number of nitrogens with one attached hydrogen (secondary N) is 1. The Morgan fingerprint density at radius 2 is 2.23 bits per heavy atom. The number of ether oxygens (including phenoxy) is 1. The van der Waals surface area contributed by atoms with Gasteiger partial charge in [-0.3, -0.25) is 18.9 Å². The zero-order valence-corrected chi connectivity index (χ0v) is 13.0. The molecule has 0 saturated carbocycles. The number of hydrogen-bond acceptors (Lipinski definition) is 6. The Balaban J connectivity index is 1.52. The highest BCUT2D eigenvalue weighted by atomic mass is 32.1. The molecule has 0 aromatic carbocycles. The van der Waals surface area contributed by atoms with E-state index in [9.17, 15) is 9.59 Å². The predicted octanol–water partition coefficient (Wildman–Crippen LogP) is 0.208. The molecule has 3 rings (SSSR count). The van der Waals surface area contributed by atoms with Crippen LogP contribution < -0.4 is 10.9 Å². The highest BCUT2D eigenvalue weighted by Gasteiger charge is 2.14. The highest BCUT2D eigenvalue weighted by Crippen LogP contribution is 2.05. The molecule has 1 aliphatic heterocycles. The van der Waals surface area contributed by atoms with Crippen molar-refractivity contribution in [3.8, 4) is 0 Å². The molecule has 0 unspecified atom stereocenters. The molecule has 22 heavy (non-hydrogen) atoms. The van der Waals surface area contributed by atoms with Crippen LogP contribution in [-0.4, -0.2) is 59.6 Å². The lowest BCUT2D eigenvalue weighted by Crippen LogP contribution is -2.38. The van der Waals surface area contributed by atoms with Gasteiger partial charge in [0.2, 0.25) is 0 Å². The number of morpholine rings is 1. The number of carbonyl (C=O) groups excluding carboxylic acids is 1. The van der Waals surface area contributed by atoms with Crippen LogP contribution in [0.1, 0.15) is 16.8 Å². The molecule has 3 heterocycles. The topological polar surface area (TPSA) is 75.9 Å². The summed E-state index contributed by atoms with van der Waals surface area (Å²) in [6, 6.07) is 0. The van der Waals surface area contributed by atoms with Crippen molar-refractivity contribution in [2.24, 2.45) is 0 Å². The normalized spacial score (nSPS) is 16.0. The minimum atomic E-state index is -0.361. The minimum absolute atomic E-state index is 0.0854. The number of rotatable bonds is 5. The summed E-state index contributed by atoms with van der Waals surface area (Å²) >= 11 is 1.36. The van der Waals surface area contributed by atoms with Crippen LogP contribution in [-0.2, 0) is 4.74 Å². The molecule has 0 spiro atoms. The summed E-state index contributed by atoms with van der Waals surface area (Å²) in [5.74, 6) is -0.361. The fourth-order valence-corrected chi connectivity index (χ4v) is 3.08. The van der Waals surface area contributed by atoms with Crippen molar-refractivity contribution in [1.29, 1.82) is 0 Å². The second kappa shape index (κ2) is 6.99. The lowest BCUT2D eigenvalue weighted by Gasteiger charge is -2.26. The maximum Gasteiger partial charge on any atom is 0.271 e. The third-order valence-electron chi connectivity index (χ3n) is 3.63. The third-order valence-corrected chi connectivity index (χ3v) is 4.40. The molecule has 0 aliphatic carbocycles. The van der Waals surface area contributed by atoms with E-state index < -0.39 is 0 Å². The van der Waals surface area contributed by atoms with Crippen LogP contribution in [0.4, 0.5) is 0 Å². The molecule has 8 heteroatoms. The van der Waals surface area contributed by atoms with E-state index in [0.717, 1.165) is 39.3 Å². The highest BCUT2D eigenvalue weighted by molar-refractivity contribution is 7.15. The molecule has 7 nitrogen and oxygen atoms in total. The largest absolute Gasteiger partial charge is 0.379 e. The average molecular weight is 322 g/mol. The number of aromatic nitrogens is 2. The van der Waals surface area contributed by atoms with E-state index in [1.807, 2.05) is 0 Å². The Hall–Kier alpha value is -1.77. The molecule has 0 atom stereocenters. The number of fused-ring (bicyclic) bond motifs is 1. The van der Waals surface area contributed by atoms with Crippen LogP contribution in [0.25, 0.3) is 4.96 Å². The van der Waals surface area contributed by atoms with Crippen molar-refractivity contribution >= 4 is 22.2 Å². The summed E-state index contributed by atoms with van der Waals surface area (Å²) in [5, 5.41) is 4.56. The fourth-order valence-electron chi connectivity index (χ4n) is 2.40. The number of nitrogens with zero attached hydrogens (tertiary/aromatic N) is 3. The first kappa shape index (κ1) is 15.1. The second-order valence-electron chi connectivity index (χ2n) is 5.10. The average Bonchev–Trinajstić information content (AvgIpc) is 3.02. The Labute approximate surface area is 131 Å². The predicted molar refractivity (Wildman–Crippen MR) is 83.5 cm³/mol. The van der Waals surface area contributed by atoms with E-state index in [2.05, 4.69) is 15.2 Å². The van der Waals surface area contributed by atoms with Gasteiger partial charge in [-0.2, -0.15) is 0 Å². The molecule has 2 aromatic rings. The first-order valence-corrected chi connectivity index (χ1v) is 8.17. The Morgan fingerprint density at radius 3 is 3.05 bits per heavy atom. The molecule has 0 bridgehead atoms. The van der Waals surface area contributed by atoms with Crippen LogP contribution in [0.2, 0.25) is 0 Å². The van der Waals surface area contributed by atoms with E-state index in [-0.39, 0.29) is 17.0 Å². The zero-order chi connectivity index (χ0) is 15.4. The van der Waals surface area contributed by atoms with Crippen LogP contribution in [0.15, 0.2) is 22.6 Å². The van der Waals surface area contributed by atoms with Gasteiger partial charge in [-0.15, -0.1) is 11.3 Å². The number of thiazole rings is 1. The molecule has 118 valence electrons. The molecule has 1 aliphatic rings. The van der Waals surface area contributed by atoms with Gasteiger partial charge in [-0.05, 0) is 13.0 Å². The summed E-state index contributed by atoms with van der Waals surface area (Å²) in [7, 11) is 0. The van der Waals surface area contributed by atoms with Crippen LogP contribution in [0, 0.1) is 0 Å². The quantitative estimate of drug-likeness (QED) is 0.796. The monoisotopic (exact) mass is 322 g/mol. The maximum atomic E-state index is 12.2. The molecule has 1 amide bonds. The van der Waals surface area contributed by atoms with E-state index in [0.29, 0.717) is 11.5 Å². The Bertz CT molecular complexity index is 705. The van der Waals surface area contributed by atoms with Crippen molar-refractivity contribution in [3.63, 3.8) is 0 Å². The first-order chi connectivity index (χ1) is 10.8. The second-order valence-corrected chi connectivity index (χ2v) is 5.97. The summed E-state index contributed by atoms with van der Waals surface area (Å²) in [6.07, 6.45) is 3.83. The Kier molecular flexibility index (Phi) is 4.81. The van der Waals surface area contributed by atoms with Crippen LogP contribution in [0.3, 0.4) is 0 Å². The molecular formula is C14H18N4O3S. The molecule has 1 N–H and O–H groups in total. The van der Waals surface area contributed by atoms with Gasteiger partial charge in [-0.1, -0.05) is 0 Å². The van der Waals surface area contributed by atoms with E-state index in [1.165, 1.54) is 21.9 Å². The van der Waals surface area contributed by atoms with Gasteiger partial charge in [0.05, 0.1) is 13.2 Å². The van der Waals surface area contributed by atoms with E-state index in [1.54, 1.807) is 11.6 Å². The van der Waals surface area contributed by atoms with E-state index >= 15 is 0 Å². The zero-order valence-electron chi connectivity index (χ0n) is 12.2. The molecular weight excluding hydrogens is 304 g/mol. The summed E-state index contributed by atoms with van der Waals surface area (Å²) in [5.41, 5.74) is -0.237. The first-order valence-electron chi connectivity index (χ1n) is 7.29. The third kappa shape index (κ3) is 3.34. The van der Waals surface area contributed by atoms with Gasteiger partial charge in [0.15, 0.2) is 4.96 Å². The number of hydrogen-bond donors (Lipinski definition) is 1. The standard InChI is InChI=1S/C14H18N4O3S/c19-12(15-2-1-3-17-4-7-21-8-5-17)11-10-16-14-18(13(11)20)6-9-22-14/h6,9-10H,1-5,7-8H2,(H,15,19). The maximum absolute atomic E-state index is 12.2. The van der Waals surface area contributed by atoms with Gasteiger partial charge in [0.25, 0.3) is 11.5 Å². The van der Waals surface area contributed by atoms with Crippen molar-refractivity contribution in [3.05, 3.63) is 33.7 Å². The summed E-state index contributed by atoms with van der Waals surface area (Å²) in [6.45, 7) is 4.89. The SMILES string of the molecule is O=C(NCCCN1CCOCC1)c1cnc2sccn2c1=O. The van der Waals surface area contributed by atoms with Crippen molar-refractivity contribution < 1.29 is 9.53 Å². The van der Waals surface area contributed by atoms with Crippen molar-refractivity contribution in [2.45, 2.75) is 6.42 Å². The fraction of sp³-hybridized carbons (Fsp3) is 0.500. The minimum Gasteiger partial charge on any atom is -0.379 e. The Morgan fingerprint density at radius 1 is 1.41 bits per heavy atom. The van der Waals surface area contributed by atoms with Crippen LogP contribution >= 0.6 is 11.3 Å². The van der Waals surface area contributed by atoms with Gasteiger partial charge < -0.3 is 10.1 Å². The molecule has 1 fully saturated rings.